The standard InChI is InChI=1S/C32H32ClF4N3O6S/c1-18(2)22-8-6-7-9-23(22)31(40(4)17-20(34)15-26(40)29(41)38-3)24-14-19(33)10-12-25(24)39(30(31)42)47(43,44)28-13-11-21(45-5)16-27(28)46-32(35,36)37/h6-14,16,18,20,26H,15,17H2,1-5H3/p+1/t20-,26+,31?,40?/m1/s1. The highest BCUT2D eigenvalue weighted by Gasteiger charge is 2.72. The van der Waals surface area contributed by atoms with Crippen LogP contribution in [0.25, 0.3) is 0 Å². The fourth-order valence-corrected chi connectivity index (χ4v) is 8.80. The van der Waals surface area contributed by atoms with Gasteiger partial charge in [0, 0.05) is 30.1 Å². The molecular formula is C32H33ClF4N3O6S+. The van der Waals surface area contributed by atoms with Gasteiger partial charge in [-0.25, -0.2) is 12.8 Å². The van der Waals surface area contributed by atoms with Gasteiger partial charge in [0.25, 0.3) is 15.9 Å². The number of hydrogen-bond donors (Lipinski definition) is 1. The van der Waals surface area contributed by atoms with Gasteiger partial charge in [0.05, 0.1) is 25.4 Å². The molecule has 3 aromatic carbocycles. The number of rotatable bonds is 8. The summed E-state index contributed by atoms with van der Waals surface area (Å²) in [6.07, 6.45) is -7.15. The molecule has 0 saturated carbocycles. The van der Waals surface area contributed by atoms with Crippen molar-refractivity contribution in [2.75, 3.05) is 32.1 Å². The second kappa shape index (κ2) is 12.0. The van der Waals surface area contributed by atoms with Crippen LogP contribution in [0.1, 0.15) is 42.9 Å². The maximum atomic E-state index is 15.6. The predicted molar refractivity (Wildman–Crippen MR) is 166 cm³/mol. The summed E-state index contributed by atoms with van der Waals surface area (Å²) in [6, 6.07) is 12.3. The van der Waals surface area contributed by atoms with Gasteiger partial charge in [-0.15, -0.1) is 13.2 Å². The quantitative estimate of drug-likeness (QED) is 0.241. The zero-order valence-electron chi connectivity index (χ0n) is 26.1. The number of amides is 2. The number of sulfonamides is 1. The number of nitrogens with one attached hydrogen (secondary N) is 1. The Morgan fingerprint density at radius 2 is 1.79 bits per heavy atom. The van der Waals surface area contributed by atoms with E-state index >= 15 is 9.18 Å². The predicted octanol–water partition coefficient (Wildman–Crippen LogP) is 5.65. The Kier molecular flexibility index (Phi) is 8.78. The van der Waals surface area contributed by atoms with Gasteiger partial charge in [-0.05, 0) is 41.8 Å². The molecule has 2 heterocycles. The minimum atomic E-state index is -5.30. The maximum Gasteiger partial charge on any atom is 0.573 e. The molecule has 3 aromatic rings. The van der Waals surface area contributed by atoms with Gasteiger partial charge in [-0.3, -0.25) is 14.1 Å². The Labute approximate surface area is 274 Å². The Morgan fingerprint density at radius 3 is 2.40 bits per heavy atom. The highest BCUT2D eigenvalue weighted by Crippen LogP contribution is 2.58. The van der Waals surface area contributed by atoms with Crippen LogP contribution in [0.2, 0.25) is 5.02 Å². The number of carbonyl (C=O) groups is 2. The summed E-state index contributed by atoms with van der Waals surface area (Å²) >= 11 is 6.51. The average Bonchev–Trinajstić information content (AvgIpc) is 3.46. The monoisotopic (exact) mass is 698 g/mol. The molecule has 0 radical (unpaired) electrons. The molecule has 2 aliphatic rings. The molecule has 0 aromatic heterocycles. The summed E-state index contributed by atoms with van der Waals surface area (Å²) in [5.41, 5.74) is -1.38. The SMILES string of the molecule is CNC(=O)[C@@H]1C[C@@H](F)C[N+]1(C)C1(c2ccccc2C(C)C)C(=O)N(S(=O)(=O)c2ccc(OC)cc2OC(F)(F)F)c2ccc(Cl)cc21. The van der Waals surface area contributed by atoms with E-state index < -0.39 is 61.1 Å². The van der Waals surface area contributed by atoms with E-state index in [4.69, 9.17) is 16.3 Å². The first-order valence-electron chi connectivity index (χ1n) is 14.6. The summed E-state index contributed by atoms with van der Waals surface area (Å²) in [6.45, 7) is 3.34. The second-order valence-corrected chi connectivity index (χ2v) is 14.2. The molecule has 0 bridgehead atoms. The number of carbonyl (C=O) groups excluding carboxylic acids is 2. The minimum Gasteiger partial charge on any atom is -0.497 e. The van der Waals surface area contributed by atoms with Crippen LogP contribution in [0.5, 0.6) is 11.5 Å². The zero-order valence-corrected chi connectivity index (χ0v) is 27.6. The number of likely N-dealkylation sites (tertiary alicyclic amines) is 1. The van der Waals surface area contributed by atoms with Crippen LogP contribution in [0, 0.1) is 0 Å². The number of quaternary nitrogens is 1. The Hall–Kier alpha value is -3.88. The third-order valence-electron chi connectivity index (χ3n) is 8.99. The molecule has 1 fully saturated rings. The van der Waals surface area contributed by atoms with Gasteiger partial charge in [-0.1, -0.05) is 49.7 Å². The van der Waals surface area contributed by atoms with Gasteiger partial charge in [-0.2, -0.15) is 4.31 Å². The number of nitrogens with zero attached hydrogens (tertiary/aromatic N) is 2. The van der Waals surface area contributed by atoms with Crippen molar-refractivity contribution in [1.82, 2.24) is 5.32 Å². The first kappa shape index (κ1) is 34.5. The number of benzene rings is 3. The van der Waals surface area contributed by atoms with Crippen molar-refractivity contribution >= 4 is 39.1 Å². The molecule has 0 aliphatic carbocycles. The molecule has 2 aliphatic heterocycles. The van der Waals surface area contributed by atoms with Crippen LogP contribution >= 0.6 is 11.6 Å². The third-order valence-corrected chi connectivity index (χ3v) is 11.0. The molecule has 9 nitrogen and oxygen atoms in total. The number of hydrogen-bond acceptors (Lipinski definition) is 6. The third kappa shape index (κ3) is 5.39. The van der Waals surface area contributed by atoms with Crippen LogP contribution < -0.4 is 19.1 Å². The minimum absolute atomic E-state index is 0.0454. The topological polar surface area (TPSA) is 102 Å². The number of fused-ring (bicyclic) bond motifs is 1. The van der Waals surface area contributed by atoms with E-state index in [9.17, 15) is 26.4 Å². The molecule has 1 N–H and O–H groups in total. The lowest BCUT2D eigenvalue weighted by Gasteiger charge is -2.49. The number of anilines is 1. The van der Waals surface area contributed by atoms with Crippen molar-refractivity contribution in [3.8, 4) is 11.5 Å². The summed E-state index contributed by atoms with van der Waals surface area (Å²) in [5.74, 6) is -3.22. The average molecular weight is 699 g/mol. The van der Waals surface area contributed by atoms with E-state index in [1.54, 1.807) is 24.3 Å². The number of ether oxygens (including phenoxy) is 2. The van der Waals surface area contributed by atoms with Crippen molar-refractivity contribution in [3.63, 3.8) is 0 Å². The highest BCUT2D eigenvalue weighted by molar-refractivity contribution is 7.93. The molecule has 2 unspecified atom stereocenters. The van der Waals surface area contributed by atoms with Gasteiger partial charge in [0.15, 0.2) is 18.0 Å². The van der Waals surface area contributed by atoms with Crippen molar-refractivity contribution in [3.05, 3.63) is 82.4 Å². The van der Waals surface area contributed by atoms with E-state index in [0.717, 1.165) is 18.2 Å². The first-order valence-corrected chi connectivity index (χ1v) is 16.4. The molecule has 15 heteroatoms. The summed E-state index contributed by atoms with van der Waals surface area (Å²) in [5, 5.41) is 2.65. The highest BCUT2D eigenvalue weighted by atomic mass is 35.5. The second-order valence-electron chi connectivity index (χ2n) is 12.0. The fraction of sp³-hybridized carbons (Fsp3) is 0.375. The lowest BCUT2D eigenvalue weighted by Crippen LogP contribution is -2.69. The summed E-state index contributed by atoms with van der Waals surface area (Å²) < 4.78 is 94.5. The molecule has 5 rings (SSSR count). The van der Waals surface area contributed by atoms with Gasteiger partial charge < -0.3 is 14.8 Å². The number of alkyl halides is 4. The molecule has 47 heavy (non-hydrogen) atoms. The molecule has 252 valence electrons. The smallest absolute Gasteiger partial charge is 0.497 e. The van der Waals surface area contributed by atoms with Crippen molar-refractivity contribution in [1.29, 1.82) is 0 Å². The van der Waals surface area contributed by atoms with Gasteiger partial charge in [0.1, 0.15) is 17.2 Å². The van der Waals surface area contributed by atoms with Gasteiger partial charge in [0.2, 0.25) is 5.54 Å². The number of halogens is 5. The maximum absolute atomic E-state index is 15.6. The largest absolute Gasteiger partial charge is 0.573 e. The van der Waals surface area contributed by atoms with E-state index in [0.29, 0.717) is 15.4 Å². The van der Waals surface area contributed by atoms with E-state index in [2.05, 4.69) is 10.1 Å². The van der Waals surface area contributed by atoms with Crippen molar-refractivity contribution < 1.29 is 49.5 Å². The lowest BCUT2D eigenvalue weighted by atomic mass is 9.75. The van der Waals surface area contributed by atoms with Crippen molar-refractivity contribution in [2.24, 2.45) is 0 Å². The van der Waals surface area contributed by atoms with Crippen LogP contribution in [-0.2, 0) is 25.2 Å². The zero-order chi connectivity index (χ0) is 34.7. The molecular weight excluding hydrogens is 666 g/mol. The lowest BCUT2D eigenvalue weighted by molar-refractivity contribution is -0.953. The fourth-order valence-electron chi connectivity index (χ4n) is 7.07. The summed E-state index contributed by atoms with van der Waals surface area (Å²) in [7, 11) is -1.15. The van der Waals surface area contributed by atoms with E-state index in [1.807, 2.05) is 13.8 Å². The Morgan fingerprint density at radius 1 is 1.11 bits per heavy atom. The Bertz CT molecular complexity index is 1860. The summed E-state index contributed by atoms with van der Waals surface area (Å²) in [4.78, 5) is 27.9. The first-order chi connectivity index (χ1) is 21.9. The van der Waals surface area contributed by atoms with Crippen LogP contribution in [0.3, 0.4) is 0 Å². The number of likely N-dealkylation sites (N-methyl/N-ethyl adjacent to an activating group) is 2. The van der Waals surface area contributed by atoms with Crippen LogP contribution in [0.15, 0.2) is 65.6 Å². The van der Waals surface area contributed by atoms with Crippen LogP contribution in [-0.4, -0.2) is 71.0 Å². The molecule has 1 saturated heterocycles. The Balaban J connectivity index is 1.91. The molecule has 0 spiro atoms. The van der Waals surface area contributed by atoms with Gasteiger partial charge >= 0.3 is 12.3 Å². The van der Waals surface area contributed by atoms with Crippen LogP contribution in [0.4, 0.5) is 23.2 Å². The number of methoxy groups -OCH3 is 1. The molecule has 4 atom stereocenters. The van der Waals surface area contributed by atoms with E-state index in [1.165, 1.54) is 39.4 Å². The van der Waals surface area contributed by atoms with Crippen molar-refractivity contribution in [2.45, 2.75) is 55.2 Å². The van der Waals surface area contributed by atoms with E-state index in [-0.39, 0.29) is 40.9 Å². The molecule has 2 amide bonds. The normalized spacial score (nSPS) is 24.4.